The molecule has 0 bridgehead atoms. The number of hydrogen-bond acceptors (Lipinski definition) is 3. The lowest BCUT2D eigenvalue weighted by molar-refractivity contribution is 0.0977. The number of methoxy groups -OCH3 is 1. The minimum atomic E-state index is -0.247. The predicted molar refractivity (Wildman–Crippen MR) is 133 cm³/mol. The number of ether oxygens (including phenoxy) is 1. The summed E-state index contributed by atoms with van der Waals surface area (Å²) in [4.78, 5) is 20.7. The van der Waals surface area contributed by atoms with Gasteiger partial charge in [0, 0.05) is 39.4 Å². The van der Waals surface area contributed by atoms with Crippen molar-refractivity contribution in [2.45, 2.75) is 6.42 Å². The van der Waals surface area contributed by atoms with Gasteiger partial charge in [0.15, 0.2) is 0 Å². The number of carbonyl (C=O) groups excluding carboxylic acids is 1. The van der Waals surface area contributed by atoms with Crippen LogP contribution in [0.1, 0.15) is 15.9 Å². The number of fused-ring (bicyclic) bond motifs is 1. The second kappa shape index (κ2) is 10.2. The van der Waals surface area contributed by atoms with Crippen molar-refractivity contribution in [1.29, 1.82) is 0 Å². The van der Waals surface area contributed by atoms with Gasteiger partial charge in [0.25, 0.3) is 5.91 Å². The number of guanidine groups is 1. The van der Waals surface area contributed by atoms with E-state index in [9.17, 15) is 4.79 Å². The van der Waals surface area contributed by atoms with E-state index in [1.54, 1.807) is 31.4 Å². The van der Waals surface area contributed by atoms with E-state index in [0.29, 0.717) is 23.8 Å². The van der Waals surface area contributed by atoms with E-state index in [4.69, 9.17) is 4.74 Å². The molecule has 4 aromatic rings. The Kier molecular flexibility index (Phi) is 6.87. The van der Waals surface area contributed by atoms with Crippen molar-refractivity contribution in [3.8, 4) is 5.75 Å². The highest BCUT2D eigenvalue weighted by atomic mass is 79.9. The van der Waals surface area contributed by atoms with E-state index in [0.717, 1.165) is 22.1 Å². The first kappa shape index (κ1) is 21.6. The van der Waals surface area contributed by atoms with E-state index in [-0.39, 0.29) is 5.91 Å². The molecule has 0 atom stereocenters. The minimum absolute atomic E-state index is 0.247. The highest BCUT2D eigenvalue weighted by molar-refractivity contribution is 9.10. The van der Waals surface area contributed by atoms with Crippen LogP contribution in [-0.2, 0) is 6.42 Å². The zero-order valence-electron chi connectivity index (χ0n) is 17.6. The first-order valence-electron chi connectivity index (χ1n) is 10.2. The Morgan fingerprint density at radius 3 is 2.53 bits per heavy atom. The zero-order chi connectivity index (χ0) is 22.3. The number of benzene rings is 3. The molecule has 0 unspecified atom stereocenters. The lowest BCUT2D eigenvalue weighted by atomic mass is 10.1. The molecule has 6 nitrogen and oxygen atoms in total. The van der Waals surface area contributed by atoms with Crippen molar-refractivity contribution in [2.24, 2.45) is 4.99 Å². The fraction of sp³-hybridized carbons (Fsp3) is 0.120. The van der Waals surface area contributed by atoms with Gasteiger partial charge in [-0.1, -0.05) is 34.1 Å². The third-order valence-electron chi connectivity index (χ3n) is 5.02. The number of nitrogens with one attached hydrogen (secondary N) is 3. The molecule has 0 aliphatic heterocycles. The van der Waals surface area contributed by atoms with Gasteiger partial charge in [-0.3, -0.25) is 15.1 Å². The van der Waals surface area contributed by atoms with Crippen LogP contribution in [0.25, 0.3) is 10.9 Å². The maximum absolute atomic E-state index is 12.8. The summed E-state index contributed by atoms with van der Waals surface area (Å²) in [5.74, 6) is 0.846. The number of nitrogens with zero attached hydrogens (tertiary/aromatic N) is 1. The monoisotopic (exact) mass is 490 g/mol. The second-order valence-corrected chi connectivity index (χ2v) is 8.07. The van der Waals surface area contributed by atoms with Crippen molar-refractivity contribution in [2.75, 3.05) is 19.0 Å². The van der Waals surface area contributed by atoms with Crippen molar-refractivity contribution in [3.63, 3.8) is 0 Å². The van der Waals surface area contributed by atoms with Crippen LogP contribution in [0.2, 0.25) is 0 Å². The molecule has 1 amide bonds. The Bertz CT molecular complexity index is 1230. The number of amides is 1. The van der Waals surface area contributed by atoms with Crippen LogP contribution in [0.4, 0.5) is 5.69 Å². The molecule has 0 saturated carbocycles. The molecule has 0 aliphatic carbocycles. The van der Waals surface area contributed by atoms with Gasteiger partial charge in [-0.15, -0.1) is 0 Å². The molecule has 3 aromatic carbocycles. The Morgan fingerprint density at radius 1 is 1.03 bits per heavy atom. The maximum Gasteiger partial charge on any atom is 0.257 e. The Labute approximate surface area is 194 Å². The molecular formula is C25H23BrN4O2. The summed E-state index contributed by atoms with van der Waals surface area (Å²) in [5, 5.41) is 7.29. The zero-order valence-corrected chi connectivity index (χ0v) is 19.1. The van der Waals surface area contributed by atoms with Gasteiger partial charge >= 0.3 is 0 Å². The average molecular weight is 491 g/mol. The summed E-state index contributed by atoms with van der Waals surface area (Å²) >= 11 is 3.44. The Hall–Kier alpha value is -3.58. The predicted octanol–water partition coefficient (Wildman–Crippen LogP) is 5.38. The Balaban J connectivity index is 1.50. The van der Waals surface area contributed by atoms with Crippen molar-refractivity contribution >= 4 is 44.4 Å². The highest BCUT2D eigenvalue weighted by Crippen LogP contribution is 2.18. The molecule has 0 saturated heterocycles. The fourth-order valence-corrected chi connectivity index (χ4v) is 3.59. The smallest absolute Gasteiger partial charge is 0.257 e. The summed E-state index contributed by atoms with van der Waals surface area (Å²) in [6, 6.07) is 22.8. The lowest BCUT2D eigenvalue weighted by Gasteiger charge is -2.12. The van der Waals surface area contributed by atoms with E-state index in [1.807, 2.05) is 42.6 Å². The molecule has 0 fully saturated rings. The highest BCUT2D eigenvalue weighted by Gasteiger charge is 2.10. The first-order valence-corrected chi connectivity index (χ1v) is 11.0. The van der Waals surface area contributed by atoms with Crippen LogP contribution in [-0.4, -0.2) is 30.5 Å². The second-order valence-electron chi connectivity index (χ2n) is 7.15. The van der Waals surface area contributed by atoms with Crippen LogP contribution in [0.5, 0.6) is 5.75 Å². The van der Waals surface area contributed by atoms with Crippen LogP contribution in [0.15, 0.2) is 88.5 Å². The van der Waals surface area contributed by atoms with Gasteiger partial charge < -0.3 is 15.0 Å². The van der Waals surface area contributed by atoms with Crippen LogP contribution in [0.3, 0.4) is 0 Å². The Morgan fingerprint density at radius 2 is 1.78 bits per heavy atom. The number of aromatic nitrogens is 1. The van der Waals surface area contributed by atoms with E-state index in [1.165, 1.54) is 10.9 Å². The number of carbonyl (C=O) groups is 1. The number of hydrogen-bond donors (Lipinski definition) is 3. The molecular weight excluding hydrogens is 468 g/mol. The topological polar surface area (TPSA) is 78.5 Å². The number of rotatable bonds is 6. The molecule has 3 N–H and O–H groups in total. The van der Waals surface area contributed by atoms with Crippen LogP contribution in [0, 0.1) is 0 Å². The third-order valence-corrected chi connectivity index (χ3v) is 5.55. The fourth-order valence-electron chi connectivity index (χ4n) is 3.33. The number of halogens is 1. The van der Waals surface area contributed by atoms with Crippen molar-refractivity contribution < 1.29 is 9.53 Å². The molecule has 0 radical (unpaired) electrons. The summed E-state index contributed by atoms with van der Waals surface area (Å²) in [7, 11) is 1.59. The van der Waals surface area contributed by atoms with Gasteiger partial charge in [-0.25, -0.2) is 0 Å². The minimum Gasteiger partial charge on any atom is -0.497 e. The quantitative estimate of drug-likeness (QED) is 0.250. The van der Waals surface area contributed by atoms with Crippen LogP contribution < -0.4 is 15.4 Å². The largest absolute Gasteiger partial charge is 0.497 e. The molecule has 0 spiro atoms. The van der Waals surface area contributed by atoms with Gasteiger partial charge in [0.1, 0.15) is 5.75 Å². The van der Waals surface area contributed by atoms with Crippen molar-refractivity contribution in [3.05, 3.63) is 94.6 Å². The third kappa shape index (κ3) is 5.36. The molecule has 7 heteroatoms. The number of para-hydroxylation sites is 1. The lowest BCUT2D eigenvalue weighted by Crippen LogP contribution is -2.36. The molecule has 162 valence electrons. The number of aliphatic imine (C=N–C) groups is 1. The number of H-pyrrole nitrogens is 1. The van der Waals surface area contributed by atoms with E-state index < -0.39 is 0 Å². The maximum atomic E-state index is 12.8. The first-order chi connectivity index (χ1) is 15.6. The van der Waals surface area contributed by atoms with E-state index in [2.05, 4.69) is 48.7 Å². The number of aromatic amines is 1. The summed E-state index contributed by atoms with van der Waals surface area (Å²) in [6.07, 6.45) is 2.76. The van der Waals surface area contributed by atoms with E-state index >= 15 is 0 Å². The van der Waals surface area contributed by atoms with Crippen LogP contribution >= 0.6 is 15.9 Å². The standard InChI is InChI=1S/C25H23BrN4O2/c1-32-21-12-6-17(7-13-21)24(31)30-25(29-20-10-8-19(26)9-11-20)27-15-14-18-16-28-23-5-3-2-4-22(18)23/h2-13,16,28H,14-15H2,1H3,(H2,27,29,30,31). The normalized spacial score (nSPS) is 11.4. The van der Waals surface area contributed by atoms with Crippen molar-refractivity contribution in [1.82, 2.24) is 10.3 Å². The van der Waals surface area contributed by atoms with Gasteiger partial charge in [0.05, 0.1) is 7.11 Å². The molecule has 1 heterocycles. The molecule has 0 aliphatic rings. The summed E-state index contributed by atoms with van der Waals surface area (Å²) < 4.78 is 6.14. The summed E-state index contributed by atoms with van der Waals surface area (Å²) in [5.41, 5.74) is 3.64. The summed E-state index contributed by atoms with van der Waals surface area (Å²) in [6.45, 7) is 0.517. The SMILES string of the molecule is COc1ccc(C(=O)NC(=NCCc2c[nH]c3ccccc23)Nc2ccc(Br)cc2)cc1. The average Bonchev–Trinajstić information content (AvgIpc) is 3.23. The number of anilines is 1. The van der Waals surface area contributed by atoms with Gasteiger partial charge in [-0.2, -0.15) is 0 Å². The van der Waals surface area contributed by atoms with Gasteiger partial charge in [0.2, 0.25) is 5.96 Å². The molecule has 1 aromatic heterocycles. The molecule has 4 rings (SSSR count). The molecule has 32 heavy (non-hydrogen) atoms. The van der Waals surface area contributed by atoms with Gasteiger partial charge in [-0.05, 0) is 66.6 Å².